The average molecular weight is 434 g/mol. The zero-order valence-corrected chi connectivity index (χ0v) is 14.5. The van der Waals surface area contributed by atoms with E-state index >= 15 is 0 Å². The Bertz CT molecular complexity index is 751. The molecule has 1 unspecified atom stereocenters. The Balaban J connectivity index is 2.06. The van der Waals surface area contributed by atoms with Gasteiger partial charge < -0.3 is 5.32 Å². The Morgan fingerprint density at radius 3 is 2.76 bits per heavy atom. The van der Waals surface area contributed by atoms with Crippen molar-refractivity contribution in [2.75, 3.05) is 5.32 Å². The molecule has 1 N–H and O–H groups in total. The number of fused-ring (bicyclic) bond motifs is 1. The van der Waals surface area contributed by atoms with Crippen LogP contribution in [0.2, 0.25) is 5.02 Å². The molecule has 1 aliphatic rings. The van der Waals surface area contributed by atoms with Gasteiger partial charge in [0.2, 0.25) is 5.91 Å². The van der Waals surface area contributed by atoms with Gasteiger partial charge in [-0.15, -0.1) is 0 Å². The predicted molar refractivity (Wildman–Crippen MR) is 88.7 cm³/mol. The van der Waals surface area contributed by atoms with Crippen molar-refractivity contribution in [3.05, 3.63) is 62.3 Å². The van der Waals surface area contributed by atoms with Gasteiger partial charge >= 0.3 is 0 Å². The summed E-state index contributed by atoms with van der Waals surface area (Å²) in [6.07, 6.45) is 0.320. The summed E-state index contributed by atoms with van der Waals surface area (Å²) in [7, 11) is 0. The van der Waals surface area contributed by atoms with E-state index in [4.69, 9.17) is 11.6 Å². The SMILES string of the molecule is O=C1Cc2cc(C(Br)c3cc(Br)ccc3F)c(Cl)cc2N1. The van der Waals surface area contributed by atoms with Crippen molar-refractivity contribution in [1.82, 2.24) is 0 Å². The van der Waals surface area contributed by atoms with Crippen molar-refractivity contribution in [2.24, 2.45) is 0 Å². The maximum absolute atomic E-state index is 14.0. The minimum absolute atomic E-state index is 0.0574. The number of hydrogen-bond donors (Lipinski definition) is 1. The standard InChI is InChI=1S/C15H9Br2ClFNO/c16-8-1-2-12(19)10(5-8)15(17)9-3-7-4-14(21)20-13(7)6-11(9)18/h1-3,5-6,15H,4H2,(H,20,21). The molecule has 0 radical (unpaired) electrons. The summed E-state index contributed by atoms with van der Waals surface area (Å²) in [5.74, 6) is -0.371. The zero-order chi connectivity index (χ0) is 15.1. The second-order valence-electron chi connectivity index (χ2n) is 4.78. The molecule has 6 heteroatoms. The van der Waals surface area contributed by atoms with Gasteiger partial charge in [-0.2, -0.15) is 0 Å². The van der Waals surface area contributed by atoms with E-state index in [0.29, 0.717) is 17.0 Å². The Labute approximate surface area is 142 Å². The lowest BCUT2D eigenvalue weighted by molar-refractivity contribution is -0.115. The number of anilines is 1. The molecule has 0 fully saturated rings. The van der Waals surface area contributed by atoms with Gasteiger partial charge in [0.25, 0.3) is 0 Å². The minimum Gasteiger partial charge on any atom is -0.325 e. The molecule has 2 aromatic rings. The molecular weight excluding hydrogens is 424 g/mol. The monoisotopic (exact) mass is 431 g/mol. The lowest BCUT2D eigenvalue weighted by atomic mass is 10.0. The molecule has 21 heavy (non-hydrogen) atoms. The van der Waals surface area contributed by atoms with Gasteiger partial charge in [-0.3, -0.25) is 4.79 Å². The Hall–Kier alpha value is -0.910. The number of carbonyl (C=O) groups excluding carboxylic acids is 1. The first-order valence-electron chi connectivity index (χ1n) is 6.17. The smallest absolute Gasteiger partial charge is 0.228 e. The summed E-state index contributed by atoms with van der Waals surface area (Å²) in [5.41, 5.74) is 2.83. The van der Waals surface area contributed by atoms with Gasteiger partial charge in [0.1, 0.15) is 5.82 Å². The number of hydrogen-bond acceptors (Lipinski definition) is 1. The molecule has 1 heterocycles. The van der Waals surface area contributed by atoms with Gasteiger partial charge in [-0.1, -0.05) is 49.5 Å². The predicted octanol–water partition coefficient (Wildman–Crippen LogP) is 5.22. The number of carbonyl (C=O) groups is 1. The normalized spacial score (nSPS) is 14.8. The van der Waals surface area contributed by atoms with Crippen molar-refractivity contribution >= 4 is 55.1 Å². The van der Waals surface area contributed by atoms with Crippen molar-refractivity contribution < 1.29 is 9.18 Å². The Kier molecular flexibility index (Phi) is 4.08. The summed E-state index contributed by atoms with van der Waals surface area (Å²) >= 11 is 13.1. The second kappa shape index (κ2) is 5.71. The van der Waals surface area contributed by atoms with E-state index in [0.717, 1.165) is 21.3 Å². The fourth-order valence-corrected chi connectivity index (χ4v) is 3.85. The lowest BCUT2D eigenvalue weighted by Crippen LogP contribution is -2.03. The second-order valence-corrected chi connectivity index (χ2v) is 7.02. The zero-order valence-electron chi connectivity index (χ0n) is 10.6. The highest BCUT2D eigenvalue weighted by atomic mass is 79.9. The molecule has 1 aliphatic heterocycles. The molecule has 0 aromatic heterocycles. The highest BCUT2D eigenvalue weighted by molar-refractivity contribution is 9.10. The molecule has 0 saturated heterocycles. The molecule has 108 valence electrons. The fourth-order valence-electron chi connectivity index (χ4n) is 2.34. The Morgan fingerprint density at radius 2 is 2.00 bits per heavy atom. The highest BCUT2D eigenvalue weighted by Gasteiger charge is 2.24. The lowest BCUT2D eigenvalue weighted by Gasteiger charge is -2.15. The van der Waals surface area contributed by atoms with E-state index in [2.05, 4.69) is 37.2 Å². The number of halogens is 4. The van der Waals surface area contributed by atoms with Gasteiger partial charge in [0, 0.05) is 20.7 Å². The van der Waals surface area contributed by atoms with Gasteiger partial charge in [-0.05, 0) is 35.4 Å². The third-order valence-corrected chi connectivity index (χ3v) is 5.16. The molecular formula is C15H9Br2ClFNO. The van der Waals surface area contributed by atoms with E-state index in [-0.39, 0.29) is 16.6 Å². The molecule has 0 spiro atoms. The maximum atomic E-state index is 14.0. The van der Waals surface area contributed by atoms with Crippen LogP contribution in [0.25, 0.3) is 0 Å². The maximum Gasteiger partial charge on any atom is 0.228 e. The van der Waals surface area contributed by atoms with Crippen LogP contribution in [0.15, 0.2) is 34.8 Å². The van der Waals surface area contributed by atoms with Crippen molar-refractivity contribution in [3.63, 3.8) is 0 Å². The molecule has 0 saturated carbocycles. The molecule has 0 bridgehead atoms. The Morgan fingerprint density at radius 1 is 1.24 bits per heavy atom. The summed E-state index contributed by atoms with van der Waals surface area (Å²) in [5, 5.41) is 3.23. The first-order valence-corrected chi connectivity index (χ1v) is 8.25. The molecule has 1 amide bonds. The first kappa shape index (κ1) is 15.0. The number of benzene rings is 2. The molecule has 0 aliphatic carbocycles. The van der Waals surface area contributed by atoms with E-state index in [9.17, 15) is 9.18 Å². The summed E-state index contributed by atoms with van der Waals surface area (Å²) in [6, 6.07) is 8.31. The highest BCUT2D eigenvalue weighted by Crippen LogP contribution is 2.40. The van der Waals surface area contributed by atoms with Crippen LogP contribution in [0.5, 0.6) is 0 Å². The summed E-state index contributed by atoms with van der Waals surface area (Å²) in [4.78, 5) is 11.0. The van der Waals surface area contributed by atoms with Crippen LogP contribution < -0.4 is 5.32 Å². The fraction of sp³-hybridized carbons (Fsp3) is 0.133. The van der Waals surface area contributed by atoms with Crippen LogP contribution in [-0.2, 0) is 11.2 Å². The van der Waals surface area contributed by atoms with Crippen LogP contribution in [0.4, 0.5) is 10.1 Å². The third kappa shape index (κ3) is 2.87. The average Bonchev–Trinajstić information content (AvgIpc) is 2.79. The van der Waals surface area contributed by atoms with E-state index in [1.54, 1.807) is 18.2 Å². The van der Waals surface area contributed by atoms with Crippen LogP contribution in [-0.4, -0.2) is 5.91 Å². The van der Waals surface area contributed by atoms with Crippen molar-refractivity contribution in [1.29, 1.82) is 0 Å². The quantitative estimate of drug-likeness (QED) is 0.647. The van der Waals surface area contributed by atoms with E-state index < -0.39 is 0 Å². The third-order valence-electron chi connectivity index (χ3n) is 3.35. The molecule has 2 nitrogen and oxygen atoms in total. The summed E-state index contributed by atoms with van der Waals surface area (Å²) < 4.78 is 14.8. The largest absolute Gasteiger partial charge is 0.325 e. The van der Waals surface area contributed by atoms with Crippen LogP contribution in [0.1, 0.15) is 21.5 Å². The van der Waals surface area contributed by atoms with Crippen molar-refractivity contribution in [2.45, 2.75) is 11.2 Å². The van der Waals surface area contributed by atoms with Crippen LogP contribution in [0.3, 0.4) is 0 Å². The van der Waals surface area contributed by atoms with E-state index in [1.165, 1.54) is 6.07 Å². The first-order chi connectivity index (χ1) is 9.95. The van der Waals surface area contributed by atoms with Gasteiger partial charge in [0.05, 0.1) is 11.2 Å². The van der Waals surface area contributed by atoms with Crippen LogP contribution in [0, 0.1) is 5.82 Å². The van der Waals surface area contributed by atoms with Gasteiger partial charge in [0.15, 0.2) is 0 Å². The van der Waals surface area contributed by atoms with Crippen molar-refractivity contribution in [3.8, 4) is 0 Å². The van der Waals surface area contributed by atoms with Crippen LogP contribution >= 0.6 is 43.5 Å². The molecule has 1 atom stereocenters. The molecule has 3 rings (SSSR count). The molecule has 2 aromatic carbocycles. The number of nitrogens with one attached hydrogen (secondary N) is 1. The van der Waals surface area contributed by atoms with Gasteiger partial charge in [-0.25, -0.2) is 4.39 Å². The minimum atomic E-state index is -0.386. The number of rotatable bonds is 2. The summed E-state index contributed by atoms with van der Waals surface area (Å²) in [6.45, 7) is 0. The number of amides is 1. The van der Waals surface area contributed by atoms with E-state index in [1.807, 2.05) is 6.07 Å². The number of alkyl halides is 1. The topological polar surface area (TPSA) is 29.1 Å².